The Kier molecular flexibility index (Phi) is 5.25. The van der Waals surface area contributed by atoms with Crippen LogP contribution in [0.5, 0.6) is 5.75 Å². The van der Waals surface area contributed by atoms with Crippen molar-refractivity contribution in [3.05, 3.63) is 22.7 Å². The molecule has 0 aliphatic carbocycles. The molecule has 94 valence electrons. The molecule has 0 fully saturated rings. The molecule has 0 aliphatic heterocycles. The largest absolute Gasteiger partial charge is 0.495 e. The topological polar surface area (TPSA) is 47.6 Å². The molecule has 0 bridgehead atoms. The zero-order valence-corrected chi connectivity index (χ0v) is 10.9. The molecule has 0 spiro atoms. The molecular weight excluding hydrogens is 242 g/mol. The zero-order valence-electron chi connectivity index (χ0n) is 10.2. The van der Waals surface area contributed by atoms with Crippen molar-refractivity contribution in [2.24, 2.45) is 0 Å². The monoisotopic (exact) mass is 257 g/mol. The summed E-state index contributed by atoms with van der Waals surface area (Å²) in [6.07, 6.45) is 0.307. The molecule has 0 aliphatic rings. The molecule has 1 N–H and O–H groups in total. The highest BCUT2D eigenvalue weighted by Gasteiger charge is 2.09. The van der Waals surface area contributed by atoms with Crippen molar-refractivity contribution < 1.29 is 14.3 Å². The second-order valence-corrected chi connectivity index (χ2v) is 4.00. The Hall–Kier alpha value is -1.26. The summed E-state index contributed by atoms with van der Waals surface area (Å²) in [5.74, 6) is 0.429. The van der Waals surface area contributed by atoms with Gasteiger partial charge in [-0.05, 0) is 18.6 Å². The maximum Gasteiger partial charge on any atom is 0.226 e. The third-order valence-electron chi connectivity index (χ3n) is 2.29. The van der Waals surface area contributed by atoms with Gasteiger partial charge in [0.15, 0.2) is 0 Å². The predicted molar refractivity (Wildman–Crippen MR) is 67.9 cm³/mol. The first-order valence-corrected chi connectivity index (χ1v) is 5.59. The van der Waals surface area contributed by atoms with Gasteiger partial charge in [0.05, 0.1) is 25.8 Å². The highest BCUT2D eigenvalue weighted by atomic mass is 35.5. The number of anilines is 1. The SMILES string of the molecule is COCCC(=O)Nc1cc(C)c(Cl)cc1OC. The number of nitrogens with one attached hydrogen (secondary N) is 1. The number of aryl methyl sites for hydroxylation is 1. The van der Waals surface area contributed by atoms with Crippen LogP contribution in [0.2, 0.25) is 5.02 Å². The van der Waals surface area contributed by atoms with Crippen LogP contribution in [0.1, 0.15) is 12.0 Å². The van der Waals surface area contributed by atoms with Gasteiger partial charge in [0.25, 0.3) is 0 Å². The molecule has 0 aromatic heterocycles. The number of hydrogen-bond donors (Lipinski definition) is 1. The predicted octanol–water partition coefficient (Wildman–Crippen LogP) is 2.63. The summed E-state index contributed by atoms with van der Waals surface area (Å²) < 4.78 is 9.99. The molecule has 0 unspecified atom stereocenters. The number of ether oxygens (including phenoxy) is 2. The number of hydrogen-bond acceptors (Lipinski definition) is 3. The van der Waals surface area contributed by atoms with E-state index in [0.717, 1.165) is 5.56 Å². The number of benzene rings is 1. The first-order chi connectivity index (χ1) is 8.08. The molecule has 1 aromatic carbocycles. The van der Waals surface area contributed by atoms with E-state index < -0.39 is 0 Å². The smallest absolute Gasteiger partial charge is 0.226 e. The van der Waals surface area contributed by atoms with Crippen molar-refractivity contribution in [3.8, 4) is 5.75 Å². The average Bonchev–Trinajstić information content (AvgIpc) is 2.31. The Bertz CT molecular complexity index is 407. The lowest BCUT2D eigenvalue weighted by atomic mass is 10.2. The van der Waals surface area contributed by atoms with Crippen LogP contribution in [0.25, 0.3) is 0 Å². The lowest BCUT2D eigenvalue weighted by molar-refractivity contribution is -0.117. The van der Waals surface area contributed by atoms with Gasteiger partial charge in [-0.25, -0.2) is 0 Å². The molecule has 17 heavy (non-hydrogen) atoms. The fourth-order valence-corrected chi connectivity index (χ4v) is 1.49. The number of rotatable bonds is 5. The van der Waals surface area contributed by atoms with Gasteiger partial charge in [0, 0.05) is 18.2 Å². The van der Waals surface area contributed by atoms with Gasteiger partial charge in [-0.3, -0.25) is 4.79 Å². The summed E-state index contributed by atoms with van der Waals surface area (Å²) in [5.41, 5.74) is 1.50. The fourth-order valence-electron chi connectivity index (χ4n) is 1.34. The van der Waals surface area contributed by atoms with Crippen LogP contribution in [0, 0.1) is 6.92 Å². The van der Waals surface area contributed by atoms with E-state index in [1.54, 1.807) is 19.2 Å². The van der Waals surface area contributed by atoms with E-state index in [0.29, 0.717) is 29.5 Å². The van der Waals surface area contributed by atoms with Gasteiger partial charge in [0.2, 0.25) is 5.91 Å². The number of halogens is 1. The molecule has 0 saturated heterocycles. The van der Waals surface area contributed by atoms with E-state index in [1.807, 2.05) is 6.92 Å². The van der Waals surface area contributed by atoms with E-state index in [9.17, 15) is 4.79 Å². The van der Waals surface area contributed by atoms with Crippen LogP contribution >= 0.6 is 11.6 Å². The number of carbonyl (C=O) groups is 1. The van der Waals surface area contributed by atoms with Gasteiger partial charge in [-0.1, -0.05) is 11.6 Å². The van der Waals surface area contributed by atoms with Gasteiger partial charge in [0.1, 0.15) is 5.75 Å². The molecule has 4 nitrogen and oxygen atoms in total. The van der Waals surface area contributed by atoms with Crippen molar-refractivity contribution >= 4 is 23.2 Å². The minimum absolute atomic E-state index is 0.119. The summed E-state index contributed by atoms with van der Waals surface area (Å²) >= 11 is 5.97. The number of carbonyl (C=O) groups excluding carboxylic acids is 1. The van der Waals surface area contributed by atoms with Gasteiger partial charge in [-0.15, -0.1) is 0 Å². The quantitative estimate of drug-likeness (QED) is 0.882. The van der Waals surface area contributed by atoms with Crippen molar-refractivity contribution in [1.29, 1.82) is 0 Å². The van der Waals surface area contributed by atoms with Crippen molar-refractivity contribution in [2.45, 2.75) is 13.3 Å². The van der Waals surface area contributed by atoms with Crippen LogP contribution in [-0.2, 0) is 9.53 Å². The maximum atomic E-state index is 11.6. The summed E-state index contributed by atoms with van der Waals surface area (Å²) in [5, 5.41) is 3.37. The summed E-state index contributed by atoms with van der Waals surface area (Å²) in [4.78, 5) is 11.6. The molecule has 5 heteroatoms. The first-order valence-electron chi connectivity index (χ1n) is 5.21. The second-order valence-electron chi connectivity index (χ2n) is 3.59. The highest BCUT2D eigenvalue weighted by molar-refractivity contribution is 6.31. The molecule has 0 heterocycles. The van der Waals surface area contributed by atoms with Crippen molar-refractivity contribution in [1.82, 2.24) is 0 Å². The summed E-state index contributed by atoms with van der Waals surface area (Å²) in [6, 6.07) is 3.47. The Morgan fingerprint density at radius 3 is 2.71 bits per heavy atom. The Balaban J connectivity index is 2.82. The van der Waals surface area contributed by atoms with E-state index in [1.165, 1.54) is 7.11 Å². The Labute approximate surface area is 106 Å². The molecule has 0 atom stereocenters. The average molecular weight is 258 g/mol. The van der Waals surface area contributed by atoms with E-state index >= 15 is 0 Å². The fraction of sp³-hybridized carbons (Fsp3) is 0.417. The van der Waals surface area contributed by atoms with Gasteiger partial charge < -0.3 is 14.8 Å². The normalized spacial score (nSPS) is 10.1. The van der Waals surface area contributed by atoms with Crippen molar-refractivity contribution in [2.75, 3.05) is 26.1 Å². The van der Waals surface area contributed by atoms with Gasteiger partial charge in [-0.2, -0.15) is 0 Å². The van der Waals surface area contributed by atoms with Crippen LogP contribution in [0.15, 0.2) is 12.1 Å². The Morgan fingerprint density at radius 2 is 2.12 bits per heavy atom. The molecule has 0 saturated carbocycles. The van der Waals surface area contributed by atoms with Crippen LogP contribution in [-0.4, -0.2) is 26.7 Å². The van der Waals surface area contributed by atoms with E-state index in [-0.39, 0.29) is 5.91 Å². The molecule has 1 rings (SSSR count). The standard InChI is InChI=1S/C12H16ClNO3/c1-8-6-10(11(17-3)7-9(8)13)14-12(15)4-5-16-2/h6-7H,4-5H2,1-3H3,(H,14,15). The number of amides is 1. The second kappa shape index (κ2) is 6.47. The Morgan fingerprint density at radius 1 is 1.41 bits per heavy atom. The van der Waals surface area contributed by atoms with Crippen molar-refractivity contribution in [3.63, 3.8) is 0 Å². The number of methoxy groups -OCH3 is 2. The minimum atomic E-state index is -0.119. The molecular formula is C12H16ClNO3. The third kappa shape index (κ3) is 3.91. The molecule has 0 radical (unpaired) electrons. The lowest BCUT2D eigenvalue weighted by Crippen LogP contribution is -2.14. The minimum Gasteiger partial charge on any atom is -0.495 e. The molecule has 1 aromatic rings. The summed E-state index contributed by atoms with van der Waals surface area (Å²) in [7, 11) is 3.09. The van der Waals surface area contributed by atoms with Gasteiger partial charge >= 0.3 is 0 Å². The van der Waals surface area contributed by atoms with Crippen LogP contribution < -0.4 is 10.1 Å². The summed E-state index contributed by atoms with van der Waals surface area (Å²) in [6.45, 7) is 2.26. The van der Waals surface area contributed by atoms with E-state index in [2.05, 4.69) is 5.32 Å². The van der Waals surface area contributed by atoms with Crippen LogP contribution in [0.3, 0.4) is 0 Å². The zero-order chi connectivity index (χ0) is 12.8. The molecule has 1 amide bonds. The van der Waals surface area contributed by atoms with E-state index in [4.69, 9.17) is 21.1 Å². The van der Waals surface area contributed by atoms with Crippen LogP contribution in [0.4, 0.5) is 5.69 Å². The highest BCUT2D eigenvalue weighted by Crippen LogP contribution is 2.30. The maximum absolute atomic E-state index is 11.6. The third-order valence-corrected chi connectivity index (χ3v) is 2.70. The first kappa shape index (κ1) is 13.8. The lowest BCUT2D eigenvalue weighted by Gasteiger charge is -2.12.